The monoisotopic (exact) mass is 450 g/mol. The first-order valence-electron chi connectivity index (χ1n) is 9.63. The van der Waals surface area contributed by atoms with Gasteiger partial charge in [-0.15, -0.1) is 11.3 Å². The maximum absolute atomic E-state index is 12.7. The first-order chi connectivity index (χ1) is 14.3. The van der Waals surface area contributed by atoms with Gasteiger partial charge in [-0.2, -0.15) is 4.31 Å². The fraction of sp³-hybridized carbons (Fsp3) is 0.421. The molecule has 3 heterocycles. The Morgan fingerprint density at radius 2 is 2.00 bits per heavy atom. The van der Waals surface area contributed by atoms with E-state index in [1.54, 1.807) is 6.07 Å². The van der Waals surface area contributed by atoms with Crippen LogP contribution in [0.5, 0.6) is 0 Å². The van der Waals surface area contributed by atoms with Crippen LogP contribution in [0.3, 0.4) is 0 Å². The third kappa shape index (κ3) is 3.92. The highest BCUT2D eigenvalue weighted by Gasteiger charge is 2.28. The molecule has 4 rings (SSSR count). The molecular weight excluding hydrogens is 428 g/mol. The summed E-state index contributed by atoms with van der Waals surface area (Å²) in [6.45, 7) is 4.91. The smallest absolute Gasteiger partial charge is 0.408 e. The van der Waals surface area contributed by atoms with Gasteiger partial charge in [0.1, 0.15) is 0 Å². The van der Waals surface area contributed by atoms with Crippen LogP contribution in [0.1, 0.15) is 29.8 Å². The van der Waals surface area contributed by atoms with Gasteiger partial charge in [0.25, 0.3) is 0 Å². The van der Waals surface area contributed by atoms with Crippen molar-refractivity contribution < 1.29 is 17.6 Å². The third-order valence-electron chi connectivity index (χ3n) is 5.18. The number of oxazole rings is 1. The van der Waals surface area contributed by atoms with Crippen molar-refractivity contribution in [2.45, 2.75) is 44.6 Å². The minimum absolute atomic E-state index is 0.0556. The molecule has 1 N–H and O–H groups in total. The summed E-state index contributed by atoms with van der Waals surface area (Å²) in [7, 11) is -3.60. The second-order valence-electron chi connectivity index (χ2n) is 7.22. The van der Waals surface area contributed by atoms with Gasteiger partial charge in [0, 0.05) is 37.0 Å². The molecule has 11 heteroatoms. The van der Waals surface area contributed by atoms with Crippen LogP contribution < -0.4 is 11.1 Å². The predicted molar refractivity (Wildman–Crippen MR) is 113 cm³/mol. The standard InChI is InChI=1S/C19H22N4O5S2/c1-12-13(2)29-18(20-12)21-17(24)7-10-23-15-6-5-14(11-16(15)28-19(23)25)30(26,27)22-8-3-4-9-22/h5-6,11H,3-4,7-10H2,1-2H3,(H,20,21,24). The Labute approximate surface area is 177 Å². The number of sulfonamides is 1. The van der Waals surface area contributed by atoms with E-state index in [9.17, 15) is 18.0 Å². The topological polar surface area (TPSA) is 115 Å². The van der Waals surface area contributed by atoms with E-state index in [-0.39, 0.29) is 29.4 Å². The molecule has 0 bridgehead atoms. The van der Waals surface area contributed by atoms with Crippen LogP contribution in [-0.2, 0) is 21.4 Å². The lowest BCUT2D eigenvalue weighted by atomic mass is 10.3. The van der Waals surface area contributed by atoms with Crippen LogP contribution in [0.15, 0.2) is 32.3 Å². The number of aromatic nitrogens is 2. The molecule has 9 nitrogen and oxygen atoms in total. The van der Waals surface area contributed by atoms with Gasteiger partial charge in [-0.3, -0.25) is 9.36 Å². The summed E-state index contributed by atoms with van der Waals surface area (Å²) in [6.07, 6.45) is 1.74. The molecule has 0 saturated carbocycles. The Bertz CT molecular complexity index is 1250. The number of carbonyl (C=O) groups is 1. The lowest BCUT2D eigenvalue weighted by Crippen LogP contribution is -2.27. The van der Waals surface area contributed by atoms with Crippen molar-refractivity contribution in [3.05, 3.63) is 39.3 Å². The summed E-state index contributed by atoms with van der Waals surface area (Å²) in [6, 6.07) is 4.40. The van der Waals surface area contributed by atoms with Crippen molar-refractivity contribution in [2.75, 3.05) is 18.4 Å². The molecule has 160 valence electrons. The first-order valence-corrected chi connectivity index (χ1v) is 11.9. The fourth-order valence-corrected chi connectivity index (χ4v) is 5.78. The molecule has 1 saturated heterocycles. The molecule has 1 amide bonds. The molecule has 3 aromatic rings. The number of anilines is 1. The van der Waals surface area contributed by atoms with Crippen LogP contribution in [-0.4, -0.2) is 41.3 Å². The average molecular weight is 451 g/mol. The van der Waals surface area contributed by atoms with Crippen LogP contribution in [0.4, 0.5) is 5.13 Å². The number of amides is 1. The molecule has 1 aromatic carbocycles. The van der Waals surface area contributed by atoms with Gasteiger partial charge >= 0.3 is 5.76 Å². The van der Waals surface area contributed by atoms with Crippen LogP contribution in [0.2, 0.25) is 0 Å². The van der Waals surface area contributed by atoms with Crippen molar-refractivity contribution in [2.24, 2.45) is 0 Å². The molecule has 0 radical (unpaired) electrons. The number of fused-ring (bicyclic) bond motifs is 1. The number of hydrogen-bond acceptors (Lipinski definition) is 7. The number of hydrogen-bond donors (Lipinski definition) is 1. The highest BCUT2D eigenvalue weighted by atomic mass is 32.2. The summed E-state index contributed by atoms with van der Waals surface area (Å²) in [5.41, 5.74) is 1.51. The van der Waals surface area contributed by atoms with Gasteiger partial charge in [0.05, 0.1) is 16.1 Å². The van der Waals surface area contributed by atoms with E-state index in [1.165, 1.54) is 32.3 Å². The lowest BCUT2D eigenvalue weighted by molar-refractivity contribution is -0.116. The average Bonchev–Trinajstić information content (AvgIpc) is 3.40. The van der Waals surface area contributed by atoms with E-state index in [4.69, 9.17) is 4.42 Å². The molecule has 0 spiro atoms. The van der Waals surface area contributed by atoms with E-state index in [1.807, 2.05) is 13.8 Å². The zero-order valence-corrected chi connectivity index (χ0v) is 18.3. The molecular formula is C19H22N4O5S2. The van der Waals surface area contributed by atoms with Gasteiger partial charge in [0.15, 0.2) is 10.7 Å². The van der Waals surface area contributed by atoms with Gasteiger partial charge in [-0.25, -0.2) is 18.2 Å². The number of nitrogens with zero attached hydrogens (tertiary/aromatic N) is 3. The van der Waals surface area contributed by atoms with Crippen molar-refractivity contribution in [3.8, 4) is 0 Å². The van der Waals surface area contributed by atoms with E-state index < -0.39 is 15.8 Å². The Morgan fingerprint density at radius 3 is 2.67 bits per heavy atom. The minimum Gasteiger partial charge on any atom is -0.408 e. The number of nitrogens with one attached hydrogen (secondary N) is 1. The summed E-state index contributed by atoms with van der Waals surface area (Å²) < 4.78 is 33.5. The molecule has 0 aliphatic carbocycles. The number of carbonyl (C=O) groups excluding carboxylic acids is 1. The largest absolute Gasteiger partial charge is 0.419 e. The number of benzene rings is 1. The molecule has 0 atom stereocenters. The summed E-state index contributed by atoms with van der Waals surface area (Å²) in [5, 5.41) is 3.26. The molecule has 2 aromatic heterocycles. The van der Waals surface area contributed by atoms with Crippen molar-refractivity contribution in [1.29, 1.82) is 0 Å². The normalized spacial score (nSPS) is 15.1. The number of aryl methyl sites for hydroxylation is 3. The van der Waals surface area contributed by atoms with Crippen molar-refractivity contribution in [1.82, 2.24) is 13.9 Å². The van der Waals surface area contributed by atoms with Crippen LogP contribution in [0, 0.1) is 13.8 Å². The quantitative estimate of drug-likeness (QED) is 0.617. The van der Waals surface area contributed by atoms with Crippen molar-refractivity contribution >= 4 is 43.5 Å². The Hall–Kier alpha value is -2.50. The highest BCUT2D eigenvalue weighted by molar-refractivity contribution is 7.89. The fourth-order valence-electron chi connectivity index (χ4n) is 3.42. The summed E-state index contributed by atoms with van der Waals surface area (Å²) >= 11 is 1.39. The predicted octanol–water partition coefficient (Wildman–Crippen LogP) is 2.48. The molecule has 1 fully saturated rings. The summed E-state index contributed by atoms with van der Waals surface area (Å²) in [4.78, 5) is 29.9. The first kappa shape index (κ1) is 20.8. The molecule has 1 aliphatic heterocycles. The van der Waals surface area contributed by atoms with Gasteiger partial charge in [-0.1, -0.05) is 0 Å². The molecule has 30 heavy (non-hydrogen) atoms. The van der Waals surface area contributed by atoms with Gasteiger partial charge in [0.2, 0.25) is 15.9 Å². The summed E-state index contributed by atoms with van der Waals surface area (Å²) in [5.74, 6) is -0.896. The van der Waals surface area contributed by atoms with E-state index in [0.717, 1.165) is 23.4 Å². The van der Waals surface area contributed by atoms with Crippen molar-refractivity contribution in [3.63, 3.8) is 0 Å². The number of thiazole rings is 1. The maximum Gasteiger partial charge on any atom is 0.419 e. The van der Waals surface area contributed by atoms with Gasteiger partial charge < -0.3 is 9.73 Å². The Morgan fingerprint density at radius 1 is 1.27 bits per heavy atom. The lowest BCUT2D eigenvalue weighted by Gasteiger charge is -2.15. The Balaban J connectivity index is 1.51. The highest BCUT2D eigenvalue weighted by Crippen LogP contribution is 2.25. The van der Waals surface area contributed by atoms with E-state index in [2.05, 4.69) is 10.3 Å². The van der Waals surface area contributed by atoms with Crippen LogP contribution >= 0.6 is 11.3 Å². The van der Waals surface area contributed by atoms with E-state index >= 15 is 0 Å². The number of rotatable bonds is 6. The second-order valence-corrected chi connectivity index (χ2v) is 10.4. The molecule has 0 unspecified atom stereocenters. The molecule has 1 aliphatic rings. The SMILES string of the molecule is Cc1nc(NC(=O)CCn2c(=O)oc3cc(S(=O)(=O)N4CCCC4)ccc32)sc1C. The second kappa shape index (κ2) is 7.97. The Kier molecular flexibility index (Phi) is 5.51. The zero-order valence-electron chi connectivity index (χ0n) is 16.7. The maximum atomic E-state index is 12.7. The van der Waals surface area contributed by atoms with E-state index in [0.29, 0.717) is 23.7 Å². The minimum atomic E-state index is -3.60. The zero-order chi connectivity index (χ0) is 21.5. The van der Waals surface area contributed by atoms with Gasteiger partial charge in [-0.05, 0) is 38.8 Å². The third-order valence-corrected chi connectivity index (χ3v) is 8.06. The van der Waals surface area contributed by atoms with Crippen LogP contribution in [0.25, 0.3) is 11.1 Å².